The summed E-state index contributed by atoms with van der Waals surface area (Å²) < 4.78 is 5.48. The first kappa shape index (κ1) is 23.5. The van der Waals surface area contributed by atoms with Gasteiger partial charge < -0.3 is 14.5 Å². The number of likely N-dealkylation sites (N-methyl/N-ethyl adjacent to an activating group) is 1. The summed E-state index contributed by atoms with van der Waals surface area (Å²) in [5, 5.41) is 2.50. The molecular formula is C25H36N4O4. The molecule has 1 aromatic carbocycles. The minimum atomic E-state index is -0.461. The number of amides is 2. The van der Waals surface area contributed by atoms with E-state index in [9.17, 15) is 14.4 Å². The van der Waals surface area contributed by atoms with Gasteiger partial charge in [0, 0.05) is 26.6 Å². The van der Waals surface area contributed by atoms with Crippen LogP contribution in [-0.4, -0.2) is 74.1 Å². The Morgan fingerprint density at radius 3 is 2.48 bits per heavy atom. The number of likely N-dealkylation sites (tertiary alicyclic amines) is 1. The van der Waals surface area contributed by atoms with E-state index in [1.54, 1.807) is 0 Å². The van der Waals surface area contributed by atoms with Crippen LogP contribution in [-0.2, 0) is 19.1 Å². The summed E-state index contributed by atoms with van der Waals surface area (Å²) >= 11 is 0. The van der Waals surface area contributed by atoms with Gasteiger partial charge in [-0.1, -0.05) is 12.1 Å². The van der Waals surface area contributed by atoms with Gasteiger partial charge in [-0.3, -0.25) is 24.6 Å². The molecule has 2 saturated heterocycles. The summed E-state index contributed by atoms with van der Waals surface area (Å²) in [6.07, 6.45) is 2.89. The predicted molar refractivity (Wildman–Crippen MR) is 127 cm³/mol. The fourth-order valence-corrected chi connectivity index (χ4v) is 5.28. The maximum atomic E-state index is 12.6. The maximum Gasteiger partial charge on any atom is 0.320 e. The number of esters is 1. The molecule has 8 heteroatoms. The number of nitrogens with one attached hydrogen (secondary N) is 1. The smallest absolute Gasteiger partial charge is 0.320 e. The molecular weight excluding hydrogens is 420 g/mol. The summed E-state index contributed by atoms with van der Waals surface area (Å²) in [6.45, 7) is 9.31. The Morgan fingerprint density at radius 2 is 1.82 bits per heavy atom. The van der Waals surface area contributed by atoms with Crippen LogP contribution in [0.1, 0.15) is 57.9 Å². The molecule has 0 aliphatic carbocycles. The van der Waals surface area contributed by atoms with E-state index in [0.717, 1.165) is 44.7 Å². The average molecular weight is 457 g/mol. The number of benzene rings is 1. The normalized spacial score (nSPS) is 22.7. The monoisotopic (exact) mass is 456 g/mol. The summed E-state index contributed by atoms with van der Waals surface area (Å²) in [6, 6.07) is 6.08. The van der Waals surface area contributed by atoms with Crippen molar-refractivity contribution in [2.45, 2.75) is 64.0 Å². The lowest BCUT2D eigenvalue weighted by molar-refractivity contribution is -0.156. The van der Waals surface area contributed by atoms with Crippen molar-refractivity contribution in [2.24, 2.45) is 0 Å². The lowest BCUT2D eigenvalue weighted by Crippen LogP contribution is -2.55. The minimum absolute atomic E-state index is 0.169. The fraction of sp³-hybridized carbons (Fsp3) is 0.640. The van der Waals surface area contributed by atoms with Gasteiger partial charge in [0.1, 0.15) is 11.6 Å². The van der Waals surface area contributed by atoms with Crippen molar-refractivity contribution in [2.75, 3.05) is 49.6 Å². The van der Waals surface area contributed by atoms with Gasteiger partial charge >= 0.3 is 5.97 Å². The number of para-hydroxylation sites is 1. The number of imide groups is 1. The van der Waals surface area contributed by atoms with Crippen molar-refractivity contribution in [3.05, 3.63) is 23.8 Å². The van der Waals surface area contributed by atoms with Gasteiger partial charge in [-0.2, -0.15) is 0 Å². The van der Waals surface area contributed by atoms with E-state index >= 15 is 0 Å². The summed E-state index contributed by atoms with van der Waals surface area (Å²) in [5.74, 6) is -0.142. The molecule has 4 rings (SSSR count). The molecule has 0 unspecified atom stereocenters. The van der Waals surface area contributed by atoms with E-state index in [2.05, 4.69) is 45.3 Å². The van der Waals surface area contributed by atoms with E-state index in [0.29, 0.717) is 25.3 Å². The maximum absolute atomic E-state index is 12.6. The lowest BCUT2D eigenvalue weighted by atomic mass is 9.86. The standard InChI is InChI=1S/C25H36N4O4/c1-25(2,3)33-22(31)16-28-12-10-17(11-13-28)18-6-5-7-19-23(18)27(4)14-15-29(19)20-8-9-21(30)26-24(20)32/h5-7,17,20H,8-16H2,1-4H3,(H,26,30,32)/t20-/m0/s1. The van der Waals surface area contributed by atoms with Gasteiger partial charge in [0.15, 0.2) is 0 Å². The first-order valence-corrected chi connectivity index (χ1v) is 12.0. The zero-order valence-corrected chi connectivity index (χ0v) is 20.2. The molecule has 2 amide bonds. The number of anilines is 2. The van der Waals surface area contributed by atoms with Crippen LogP contribution in [0.5, 0.6) is 0 Å². The van der Waals surface area contributed by atoms with E-state index in [1.807, 2.05) is 20.8 Å². The molecule has 0 radical (unpaired) electrons. The highest BCUT2D eigenvalue weighted by Gasteiger charge is 2.36. The summed E-state index contributed by atoms with van der Waals surface area (Å²) in [4.78, 5) is 43.1. The van der Waals surface area contributed by atoms with Gasteiger partial charge in [0.05, 0.1) is 17.9 Å². The fourth-order valence-electron chi connectivity index (χ4n) is 5.28. The molecule has 3 aliphatic rings. The van der Waals surface area contributed by atoms with Crippen molar-refractivity contribution < 1.29 is 19.1 Å². The Labute approximate surface area is 196 Å². The van der Waals surface area contributed by atoms with Gasteiger partial charge in [-0.05, 0) is 70.7 Å². The third-order valence-corrected chi connectivity index (χ3v) is 6.80. The predicted octanol–water partition coefficient (Wildman–Crippen LogP) is 2.27. The number of hydrogen-bond donors (Lipinski definition) is 1. The molecule has 3 heterocycles. The van der Waals surface area contributed by atoms with Crippen LogP contribution >= 0.6 is 0 Å². The van der Waals surface area contributed by atoms with Gasteiger partial charge in [-0.25, -0.2) is 0 Å². The van der Waals surface area contributed by atoms with E-state index < -0.39 is 5.60 Å². The van der Waals surface area contributed by atoms with Crippen LogP contribution < -0.4 is 15.1 Å². The van der Waals surface area contributed by atoms with Crippen LogP contribution in [0.2, 0.25) is 0 Å². The zero-order valence-electron chi connectivity index (χ0n) is 20.2. The number of nitrogens with zero attached hydrogens (tertiary/aromatic N) is 3. The third-order valence-electron chi connectivity index (χ3n) is 6.80. The topological polar surface area (TPSA) is 82.2 Å². The minimum Gasteiger partial charge on any atom is -0.459 e. The van der Waals surface area contributed by atoms with Crippen molar-refractivity contribution in [1.82, 2.24) is 10.2 Å². The Kier molecular flexibility index (Phi) is 6.66. The number of rotatable bonds is 4. The summed E-state index contributed by atoms with van der Waals surface area (Å²) in [7, 11) is 2.11. The molecule has 8 nitrogen and oxygen atoms in total. The van der Waals surface area contributed by atoms with Crippen LogP contribution in [0, 0.1) is 0 Å². The molecule has 0 spiro atoms. The molecule has 2 fully saturated rings. The number of carbonyl (C=O) groups excluding carboxylic acids is 3. The highest BCUT2D eigenvalue weighted by molar-refractivity contribution is 6.02. The number of piperidine rings is 2. The van der Waals surface area contributed by atoms with Crippen LogP contribution in [0.4, 0.5) is 11.4 Å². The second-order valence-corrected chi connectivity index (χ2v) is 10.4. The molecule has 33 heavy (non-hydrogen) atoms. The molecule has 3 aliphatic heterocycles. The molecule has 1 atom stereocenters. The van der Waals surface area contributed by atoms with E-state index in [4.69, 9.17) is 4.74 Å². The lowest BCUT2D eigenvalue weighted by Gasteiger charge is -2.44. The Morgan fingerprint density at radius 1 is 1.09 bits per heavy atom. The first-order chi connectivity index (χ1) is 15.6. The third kappa shape index (κ3) is 5.32. The molecule has 1 aromatic rings. The molecule has 0 aromatic heterocycles. The second kappa shape index (κ2) is 9.33. The van der Waals surface area contributed by atoms with Crippen molar-refractivity contribution in [3.63, 3.8) is 0 Å². The highest BCUT2D eigenvalue weighted by Crippen LogP contribution is 2.43. The van der Waals surface area contributed by atoms with Gasteiger partial charge in [-0.15, -0.1) is 0 Å². The van der Waals surface area contributed by atoms with Crippen molar-refractivity contribution in [3.8, 4) is 0 Å². The quantitative estimate of drug-likeness (QED) is 0.550. The van der Waals surface area contributed by atoms with Crippen LogP contribution in [0.25, 0.3) is 0 Å². The summed E-state index contributed by atoms with van der Waals surface area (Å²) in [5.41, 5.74) is 3.12. The van der Waals surface area contributed by atoms with E-state index in [-0.39, 0.29) is 23.8 Å². The SMILES string of the molecule is CN1CCN([C@H]2CCC(=O)NC2=O)c2cccc(C3CCN(CC(=O)OC(C)(C)C)CC3)c21. The number of fused-ring (bicyclic) bond motifs is 1. The zero-order chi connectivity index (χ0) is 23.8. The molecule has 180 valence electrons. The molecule has 1 N–H and O–H groups in total. The highest BCUT2D eigenvalue weighted by atomic mass is 16.6. The van der Waals surface area contributed by atoms with Gasteiger partial charge in [0.25, 0.3) is 0 Å². The number of hydrogen-bond acceptors (Lipinski definition) is 7. The second-order valence-electron chi connectivity index (χ2n) is 10.4. The molecule has 0 saturated carbocycles. The van der Waals surface area contributed by atoms with Gasteiger partial charge in [0.2, 0.25) is 11.8 Å². The van der Waals surface area contributed by atoms with Crippen molar-refractivity contribution in [1.29, 1.82) is 0 Å². The van der Waals surface area contributed by atoms with E-state index in [1.165, 1.54) is 11.3 Å². The number of carbonyl (C=O) groups is 3. The van der Waals surface area contributed by atoms with Crippen molar-refractivity contribution >= 4 is 29.2 Å². The molecule has 0 bridgehead atoms. The Hall–Kier alpha value is -2.61. The first-order valence-electron chi connectivity index (χ1n) is 12.0. The van der Waals surface area contributed by atoms with Crippen LogP contribution in [0.3, 0.4) is 0 Å². The Bertz CT molecular complexity index is 917. The van der Waals surface area contributed by atoms with Crippen LogP contribution in [0.15, 0.2) is 18.2 Å². The Balaban J connectivity index is 1.48. The number of ether oxygens (including phenoxy) is 1. The average Bonchev–Trinajstić information content (AvgIpc) is 2.73. The largest absolute Gasteiger partial charge is 0.459 e.